The van der Waals surface area contributed by atoms with Crippen molar-refractivity contribution in [2.75, 3.05) is 13.7 Å². The normalized spacial score (nSPS) is 11.4. The molecule has 0 aliphatic rings. The van der Waals surface area contributed by atoms with Gasteiger partial charge in [-0.15, -0.1) is 0 Å². The summed E-state index contributed by atoms with van der Waals surface area (Å²) in [4.78, 5) is 7.50. The van der Waals surface area contributed by atoms with Crippen molar-refractivity contribution < 1.29 is 4.74 Å². The van der Waals surface area contributed by atoms with Gasteiger partial charge in [-0.2, -0.15) is 0 Å². The largest absolute Gasteiger partial charge is 0.496 e. The van der Waals surface area contributed by atoms with Crippen LogP contribution in [0.3, 0.4) is 0 Å². The van der Waals surface area contributed by atoms with Crippen molar-refractivity contribution in [3.05, 3.63) is 82.5 Å². The number of benzene rings is 2. The predicted molar refractivity (Wildman–Crippen MR) is 135 cm³/mol. The highest BCUT2D eigenvalue weighted by Gasteiger charge is 2.20. The zero-order chi connectivity index (χ0) is 23.1. The van der Waals surface area contributed by atoms with E-state index in [2.05, 4.69) is 88.0 Å². The zero-order valence-electron chi connectivity index (χ0n) is 20.6. The Morgan fingerprint density at radius 1 is 0.875 bits per heavy atom. The van der Waals surface area contributed by atoms with E-state index in [0.717, 1.165) is 55.0 Å². The van der Waals surface area contributed by atoms with Gasteiger partial charge < -0.3 is 4.74 Å². The molecule has 0 bridgehead atoms. The molecule has 0 radical (unpaired) electrons. The molecular formula is C29H38N2O. The second-order valence-corrected chi connectivity index (χ2v) is 9.00. The van der Waals surface area contributed by atoms with Crippen LogP contribution in [0.2, 0.25) is 0 Å². The Bertz CT molecular complexity index is 989. The van der Waals surface area contributed by atoms with E-state index < -0.39 is 0 Å². The molecule has 3 rings (SSSR count). The summed E-state index contributed by atoms with van der Waals surface area (Å²) in [5.41, 5.74) is 8.64. The van der Waals surface area contributed by atoms with Crippen LogP contribution >= 0.6 is 0 Å². The molecular weight excluding hydrogens is 392 g/mol. The van der Waals surface area contributed by atoms with Crippen molar-refractivity contribution in [3.8, 4) is 17.0 Å². The molecule has 170 valence electrons. The fourth-order valence-electron chi connectivity index (χ4n) is 4.63. The molecule has 1 heterocycles. The molecule has 0 fully saturated rings. The molecule has 3 aromatic rings. The molecule has 0 atom stereocenters. The minimum atomic E-state index is 0.585. The van der Waals surface area contributed by atoms with Crippen molar-refractivity contribution in [1.82, 2.24) is 9.88 Å². The van der Waals surface area contributed by atoms with Gasteiger partial charge in [-0.05, 0) is 42.4 Å². The minimum absolute atomic E-state index is 0.585. The maximum Gasteiger partial charge on any atom is 0.129 e. The lowest BCUT2D eigenvalue weighted by molar-refractivity contribution is 0.224. The maximum absolute atomic E-state index is 5.97. The van der Waals surface area contributed by atoms with Gasteiger partial charge in [-0.1, -0.05) is 76.2 Å². The second kappa shape index (κ2) is 11.3. The summed E-state index contributed by atoms with van der Waals surface area (Å²) in [5.74, 6) is 1.55. The Hall–Kier alpha value is -2.65. The molecule has 0 N–H and O–H groups in total. The highest BCUT2D eigenvalue weighted by Crippen LogP contribution is 2.36. The average molecular weight is 431 g/mol. The number of methoxy groups -OCH3 is 1. The fraction of sp³-hybridized carbons (Fsp3) is 0.414. The molecule has 0 aliphatic carbocycles. The van der Waals surface area contributed by atoms with Crippen molar-refractivity contribution in [2.45, 2.75) is 60.5 Å². The van der Waals surface area contributed by atoms with Crippen LogP contribution in [0.1, 0.15) is 55.5 Å². The van der Waals surface area contributed by atoms with E-state index in [4.69, 9.17) is 9.72 Å². The van der Waals surface area contributed by atoms with Crippen LogP contribution in [0.5, 0.6) is 5.75 Å². The first-order valence-electron chi connectivity index (χ1n) is 11.9. The van der Waals surface area contributed by atoms with E-state index in [1.807, 2.05) is 6.20 Å². The minimum Gasteiger partial charge on any atom is -0.496 e. The Morgan fingerprint density at radius 2 is 1.53 bits per heavy atom. The van der Waals surface area contributed by atoms with Crippen LogP contribution < -0.4 is 4.74 Å². The van der Waals surface area contributed by atoms with Gasteiger partial charge in [0.15, 0.2) is 0 Å². The molecule has 32 heavy (non-hydrogen) atoms. The highest BCUT2D eigenvalue weighted by atomic mass is 16.5. The number of hydrogen-bond acceptors (Lipinski definition) is 3. The van der Waals surface area contributed by atoms with E-state index in [-0.39, 0.29) is 0 Å². The lowest BCUT2D eigenvalue weighted by Gasteiger charge is -2.26. The molecule has 0 amide bonds. The van der Waals surface area contributed by atoms with Gasteiger partial charge in [0.2, 0.25) is 0 Å². The first kappa shape index (κ1) is 24.0. The first-order valence-corrected chi connectivity index (χ1v) is 11.9. The van der Waals surface area contributed by atoms with E-state index in [9.17, 15) is 0 Å². The van der Waals surface area contributed by atoms with Gasteiger partial charge in [-0.25, -0.2) is 0 Å². The van der Waals surface area contributed by atoms with Gasteiger partial charge in [0.1, 0.15) is 5.75 Å². The van der Waals surface area contributed by atoms with E-state index in [1.165, 1.54) is 22.3 Å². The monoisotopic (exact) mass is 430 g/mol. The lowest BCUT2D eigenvalue weighted by atomic mass is 9.92. The van der Waals surface area contributed by atoms with Crippen LogP contribution in [-0.4, -0.2) is 23.5 Å². The van der Waals surface area contributed by atoms with Gasteiger partial charge in [-0.3, -0.25) is 9.88 Å². The second-order valence-electron chi connectivity index (χ2n) is 9.00. The number of aryl methyl sites for hydroxylation is 2. The van der Waals surface area contributed by atoms with E-state index in [0.29, 0.717) is 5.92 Å². The van der Waals surface area contributed by atoms with Gasteiger partial charge in [0, 0.05) is 42.5 Å². The third-order valence-corrected chi connectivity index (χ3v) is 6.04. The van der Waals surface area contributed by atoms with Crippen molar-refractivity contribution >= 4 is 0 Å². The summed E-state index contributed by atoms with van der Waals surface area (Å²) < 4.78 is 5.97. The third-order valence-electron chi connectivity index (χ3n) is 6.04. The Kier molecular flexibility index (Phi) is 8.46. The summed E-state index contributed by atoms with van der Waals surface area (Å²) >= 11 is 0. The summed E-state index contributed by atoms with van der Waals surface area (Å²) in [6.45, 7) is 13.9. The van der Waals surface area contributed by atoms with Gasteiger partial charge in [0.25, 0.3) is 0 Å². The molecule has 0 saturated heterocycles. The predicted octanol–water partition coefficient (Wildman–Crippen LogP) is 6.85. The number of aromatic nitrogens is 1. The zero-order valence-corrected chi connectivity index (χ0v) is 20.6. The fourth-order valence-corrected chi connectivity index (χ4v) is 4.63. The summed E-state index contributed by atoms with van der Waals surface area (Å²) in [6.07, 6.45) is 4.02. The summed E-state index contributed by atoms with van der Waals surface area (Å²) in [7, 11) is 1.78. The quantitative estimate of drug-likeness (QED) is 0.352. The standard InChI is InChI=1S/C29H38N2O/c1-7-24-15-12-16-25(8-2)27(24)28-22(5)29(32-6)26(17-30-28)20-31(18-21(3)4)19-23-13-10-9-11-14-23/h9-17,21H,7-8,18-20H2,1-6H3. The number of rotatable bonds is 10. The molecule has 0 aliphatic heterocycles. The number of ether oxygens (including phenoxy) is 1. The average Bonchev–Trinajstić information content (AvgIpc) is 2.79. The highest BCUT2D eigenvalue weighted by molar-refractivity contribution is 5.73. The van der Waals surface area contributed by atoms with Crippen LogP contribution in [-0.2, 0) is 25.9 Å². The molecule has 1 aromatic heterocycles. The molecule has 3 nitrogen and oxygen atoms in total. The van der Waals surface area contributed by atoms with Crippen molar-refractivity contribution in [3.63, 3.8) is 0 Å². The Morgan fingerprint density at radius 3 is 2.09 bits per heavy atom. The topological polar surface area (TPSA) is 25.4 Å². The van der Waals surface area contributed by atoms with Gasteiger partial charge >= 0.3 is 0 Å². The molecule has 2 aromatic carbocycles. The van der Waals surface area contributed by atoms with Crippen LogP contribution in [0.15, 0.2) is 54.7 Å². The smallest absolute Gasteiger partial charge is 0.129 e. The number of hydrogen-bond donors (Lipinski definition) is 0. The van der Waals surface area contributed by atoms with E-state index in [1.54, 1.807) is 7.11 Å². The van der Waals surface area contributed by atoms with Crippen LogP contribution in [0.25, 0.3) is 11.3 Å². The maximum atomic E-state index is 5.97. The molecule has 0 unspecified atom stereocenters. The third kappa shape index (κ3) is 5.58. The molecule has 0 spiro atoms. The van der Waals surface area contributed by atoms with E-state index >= 15 is 0 Å². The van der Waals surface area contributed by atoms with Gasteiger partial charge in [0.05, 0.1) is 12.8 Å². The van der Waals surface area contributed by atoms with Crippen LogP contribution in [0.4, 0.5) is 0 Å². The lowest BCUT2D eigenvalue weighted by Crippen LogP contribution is -2.27. The number of pyridine rings is 1. The summed E-state index contributed by atoms with van der Waals surface area (Å²) in [6, 6.07) is 17.3. The Labute approximate surface area is 194 Å². The molecule has 3 heteroatoms. The van der Waals surface area contributed by atoms with Crippen LogP contribution in [0, 0.1) is 12.8 Å². The Balaban J connectivity index is 1.99. The molecule has 0 saturated carbocycles. The van der Waals surface area contributed by atoms with Crippen molar-refractivity contribution in [2.24, 2.45) is 5.92 Å². The first-order chi connectivity index (χ1) is 15.5. The van der Waals surface area contributed by atoms with Crippen molar-refractivity contribution in [1.29, 1.82) is 0 Å². The number of nitrogens with zero attached hydrogens (tertiary/aromatic N) is 2. The summed E-state index contributed by atoms with van der Waals surface area (Å²) in [5, 5.41) is 0. The SMILES string of the molecule is CCc1cccc(CC)c1-c1ncc(CN(Cc2ccccc2)CC(C)C)c(OC)c1C.